The summed E-state index contributed by atoms with van der Waals surface area (Å²) in [7, 11) is 0. The summed E-state index contributed by atoms with van der Waals surface area (Å²) < 4.78 is 13.5. The average molecular weight is 290 g/mol. The Morgan fingerprint density at radius 1 is 1.35 bits per heavy atom. The molecule has 0 saturated heterocycles. The zero-order valence-corrected chi connectivity index (χ0v) is 12.0. The van der Waals surface area contributed by atoms with Gasteiger partial charge in [0.2, 0.25) is 0 Å². The van der Waals surface area contributed by atoms with Gasteiger partial charge >= 0.3 is 0 Å². The van der Waals surface area contributed by atoms with Gasteiger partial charge < -0.3 is 11.1 Å². The number of nitrogens with zero attached hydrogens (tertiary/aromatic N) is 2. The van der Waals surface area contributed by atoms with Gasteiger partial charge in [-0.1, -0.05) is 24.4 Å². The highest BCUT2D eigenvalue weighted by molar-refractivity contribution is 7.80. The number of rotatable bonds is 4. The number of aromatic nitrogens is 2. The highest BCUT2D eigenvalue weighted by atomic mass is 32.1. The van der Waals surface area contributed by atoms with Crippen LogP contribution in [0.2, 0.25) is 0 Å². The molecule has 1 unspecified atom stereocenters. The molecule has 20 heavy (non-hydrogen) atoms. The van der Waals surface area contributed by atoms with E-state index in [1.54, 1.807) is 19.2 Å². The molecule has 0 aliphatic carbocycles. The van der Waals surface area contributed by atoms with Crippen LogP contribution in [0.4, 0.5) is 10.2 Å². The Balaban J connectivity index is 2.12. The van der Waals surface area contributed by atoms with Crippen molar-refractivity contribution in [3.63, 3.8) is 0 Å². The standard InChI is InChI=1S/C14H15FN4S/c1-8-3-4-10(5-11(8)15)9(2)19-13-7-17-12(6-18-13)14(16)20/h3-7,9H,1-2H3,(H2,16,20)(H,18,19). The van der Waals surface area contributed by atoms with E-state index in [2.05, 4.69) is 15.3 Å². The number of nitrogens with one attached hydrogen (secondary N) is 1. The van der Waals surface area contributed by atoms with Gasteiger partial charge in [-0.05, 0) is 31.0 Å². The van der Waals surface area contributed by atoms with E-state index in [1.807, 2.05) is 13.0 Å². The van der Waals surface area contributed by atoms with Gasteiger partial charge in [0.05, 0.1) is 18.4 Å². The maximum atomic E-state index is 13.5. The lowest BCUT2D eigenvalue weighted by atomic mass is 10.1. The summed E-state index contributed by atoms with van der Waals surface area (Å²) in [4.78, 5) is 8.47. The Bertz CT molecular complexity index is 628. The molecule has 2 aromatic rings. The van der Waals surface area contributed by atoms with E-state index in [9.17, 15) is 4.39 Å². The third-order valence-electron chi connectivity index (χ3n) is 2.96. The zero-order chi connectivity index (χ0) is 14.7. The van der Waals surface area contributed by atoms with Crippen LogP contribution in [0.5, 0.6) is 0 Å². The maximum absolute atomic E-state index is 13.5. The summed E-state index contributed by atoms with van der Waals surface area (Å²) in [6.45, 7) is 3.66. The van der Waals surface area contributed by atoms with Gasteiger partial charge in [-0.15, -0.1) is 0 Å². The van der Waals surface area contributed by atoms with E-state index >= 15 is 0 Å². The first-order chi connectivity index (χ1) is 9.47. The lowest BCUT2D eigenvalue weighted by Gasteiger charge is -2.15. The van der Waals surface area contributed by atoms with Gasteiger partial charge in [0.1, 0.15) is 22.3 Å². The van der Waals surface area contributed by atoms with Crippen LogP contribution < -0.4 is 11.1 Å². The second kappa shape index (κ2) is 5.92. The molecule has 1 atom stereocenters. The number of thiocarbonyl (C=S) groups is 1. The van der Waals surface area contributed by atoms with Crippen LogP contribution in [0.1, 0.15) is 29.8 Å². The second-order valence-electron chi connectivity index (χ2n) is 4.53. The van der Waals surface area contributed by atoms with Crippen LogP contribution in [0.3, 0.4) is 0 Å². The van der Waals surface area contributed by atoms with Gasteiger partial charge in [0.25, 0.3) is 0 Å². The third-order valence-corrected chi connectivity index (χ3v) is 3.17. The van der Waals surface area contributed by atoms with Crippen molar-refractivity contribution < 1.29 is 4.39 Å². The number of halogens is 1. The van der Waals surface area contributed by atoms with E-state index in [0.29, 0.717) is 17.1 Å². The van der Waals surface area contributed by atoms with Crippen molar-refractivity contribution in [3.05, 3.63) is 53.2 Å². The van der Waals surface area contributed by atoms with Crippen molar-refractivity contribution in [2.24, 2.45) is 5.73 Å². The quantitative estimate of drug-likeness (QED) is 0.848. The first kappa shape index (κ1) is 14.3. The normalized spacial score (nSPS) is 11.9. The first-order valence-corrected chi connectivity index (χ1v) is 6.52. The summed E-state index contributed by atoms with van der Waals surface area (Å²) in [5, 5.41) is 3.15. The third kappa shape index (κ3) is 3.27. The lowest BCUT2D eigenvalue weighted by molar-refractivity contribution is 0.614. The van der Waals surface area contributed by atoms with Gasteiger partial charge in [-0.25, -0.2) is 14.4 Å². The minimum atomic E-state index is -0.217. The Morgan fingerprint density at radius 2 is 2.10 bits per heavy atom. The van der Waals surface area contributed by atoms with Crippen molar-refractivity contribution in [2.45, 2.75) is 19.9 Å². The second-order valence-corrected chi connectivity index (χ2v) is 4.97. The number of hydrogen-bond acceptors (Lipinski definition) is 4. The molecule has 104 valence electrons. The van der Waals surface area contributed by atoms with Gasteiger partial charge in [0.15, 0.2) is 0 Å². The van der Waals surface area contributed by atoms with Crippen molar-refractivity contribution in [1.82, 2.24) is 9.97 Å². The van der Waals surface area contributed by atoms with Crippen LogP contribution in [-0.2, 0) is 0 Å². The number of aryl methyl sites for hydroxylation is 1. The minimum absolute atomic E-state index is 0.0879. The van der Waals surface area contributed by atoms with Gasteiger partial charge in [-0.3, -0.25) is 0 Å². The average Bonchev–Trinajstić information content (AvgIpc) is 2.42. The summed E-state index contributed by atoms with van der Waals surface area (Å²) in [5.74, 6) is 0.365. The fourth-order valence-electron chi connectivity index (χ4n) is 1.71. The molecule has 0 saturated carbocycles. The number of benzene rings is 1. The minimum Gasteiger partial charge on any atom is -0.388 e. The van der Waals surface area contributed by atoms with E-state index in [0.717, 1.165) is 5.56 Å². The molecule has 1 aromatic heterocycles. The molecular formula is C14H15FN4S. The Morgan fingerprint density at radius 3 is 2.65 bits per heavy atom. The first-order valence-electron chi connectivity index (χ1n) is 6.12. The number of anilines is 1. The molecule has 0 amide bonds. The van der Waals surface area contributed by atoms with Crippen molar-refractivity contribution in [1.29, 1.82) is 0 Å². The lowest BCUT2D eigenvalue weighted by Crippen LogP contribution is -2.13. The smallest absolute Gasteiger partial charge is 0.144 e. The van der Waals surface area contributed by atoms with Crippen LogP contribution in [0, 0.1) is 12.7 Å². The van der Waals surface area contributed by atoms with Crippen LogP contribution >= 0.6 is 12.2 Å². The highest BCUT2D eigenvalue weighted by Gasteiger charge is 2.09. The van der Waals surface area contributed by atoms with Crippen molar-refractivity contribution in [2.75, 3.05) is 5.32 Å². The maximum Gasteiger partial charge on any atom is 0.144 e. The predicted octanol–water partition coefficient (Wildman–Crippen LogP) is 2.73. The molecule has 0 radical (unpaired) electrons. The molecule has 4 nitrogen and oxygen atoms in total. The zero-order valence-electron chi connectivity index (χ0n) is 11.2. The fourth-order valence-corrected chi connectivity index (χ4v) is 1.82. The molecule has 0 bridgehead atoms. The van der Waals surface area contributed by atoms with E-state index in [-0.39, 0.29) is 16.8 Å². The summed E-state index contributed by atoms with van der Waals surface area (Å²) in [5.41, 5.74) is 7.39. The molecular weight excluding hydrogens is 275 g/mol. The summed E-state index contributed by atoms with van der Waals surface area (Å²) in [6.07, 6.45) is 3.06. The van der Waals surface area contributed by atoms with Crippen LogP contribution in [0.25, 0.3) is 0 Å². The van der Waals surface area contributed by atoms with Gasteiger partial charge in [0, 0.05) is 0 Å². The molecule has 0 aliphatic rings. The van der Waals surface area contributed by atoms with Gasteiger partial charge in [-0.2, -0.15) is 0 Å². The Hall–Kier alpha value is -2.08. The summed E-state index contributed by atoms with van der Waals surface area (Å²) in [6, 6.07) is 5.07. The number of nitrogens with two attached hydrogens (primary N) is 1. The van der Waals surface area contributed by atoms with Crippen LogP contribution in [-0.4, -0.2) is 15.0 Å². The van der Waals surface area contributed by atoms with E-state index < -0.39 is 0 Å². The molecule has 1 aromatic carbocycles. The van der Waals surface area contributed by atoms with Crippen LogP contribution in [0.15, 0.2) is 30.6 Å². The topological polar surface area (TPSA) is 63.8 Å². The molecule has 3 N–H and O–H groups in total. The highest BCUT2D eigenvalue weighted by Crippen LogP contribution is 2.19. The van der Waals surface area contributed by atoms with E-state index in [1.165, 1.54) is 12.3 Å². The van der Waals surface area contributed by atoms with Crippen molar-refractivity contribution in [3.8, 4) is 0 Å². The Kier molecular flexibility index (Phi) is 4.24. The fraction of sp³-hybridized carbons (Fsp3) is 0.214. The molecule has 1 heterocycles. The SMILES string of the molecule is Cc1ccc(C(C)Nc2cnc(C(N)=S)cn2)cc1F. The Labute approximate surface area is 122 Å². The largest absolute Gasteiger partial charge is 0.388 e. The predicted molar refractivity (Wildman–Crippen MR) is 81.1 cm³/mol. The van der Waals surface area contributed by atoms with Crippen molar-refractivity contribution >= 4 is 23.0 Å². The molecule has 0 spiro atoms. The molecule has 0 fully saturated rings. The monoisotopic (exact) mass is 290 g/mol. The van der Waals surface area contributed by atoms with E-state index in [4.69, 9.17) is 18.0 Å². The molecule has 0 aliphatic heterocycles. The molecule has 2 rings (SSSR count). The molecule has 6 heteroatoms. The number of hydrogen-bond donors (Lipinski definition) is 2. The summed E-state index contributed by atoms with van der Waals surface area (Å²) >= 11 is 4.81.